The number of rotatable bonds is 10. The van der Waals surface area contributed by atoms with Gasteiger partial charge in [0.2, 0.25) is 5.78 Å². The van der Waals surface area contributed by atoms with E-state index >= 15 is 0 Å². The molecular weight excluding hydrogens is 588 g/mol. The van der Waals surface area contributed by atoms with Crippen molar-refractivity contribution in [1.82, 2.24) is 28.8 Å². The van der Waals surface area contributed by atoms with E-state index in [1.165, 1.54) is 18.5 Å². The van der Waals surface area contributed by atoms with Crippen molar-refractivity contribution in [1.29, 1.82) is 0 Å². The van der Waals surface area contributed by atoms with Crippen molar-refractivity contribution < 1.29 is 65.1 Å². The van der Waals surface area contributed by atoms with Crippen LogP contribution >= 0.6 is 0 Å². The average Bonchev–Trinajstić information content (AvgIpc) is 3.73. The molecule has 1 amide bonds. The lowest BCUT2D eigenvalue weighted by Gasteiger charge is -2.24. The zero-order chi connectivity index (χ0) is 40.0. The minimum absolute atomic E-state index is 0.0490. The van der Waals surface area contributed by atoms with Gasteiger partial charge in [-0.3, -0.25) is 28.3 Å². The molecule has 1 aliphatic heterocycles. The molecule has 18 heteroatoms. The number of nitrogens with zero attached hydrogens (tertiary/aromatic N) is 5. The number of carbonyl (C=O) groups excluding carboxylic acids is 4. The Labute approximate surface area is 261 Å². The van der Waals surface area contributed by atoms with Gasteiger partial charge in [-0.2, -0.15) is 0 Å². The average molecular weight is 630 g/mol. The molecule has 4 rings (SSSR count). The Bertz CT molecular complexity index is 2000. The fourth-order valence-corrected chi connectivity index (χ4v) is 4.98. The molecule has 4 heterocycles. The van der Waals surface area contributed by atoms with Gasteiger partial charge in [-0.25, -0.2) is 24.0 Å². The lowest BCUT2D eigenvalue weighted by atomic mass is 10.1. The van der Waals surface area contributed by atoms with E-state index in [2.05, 4.69) is 20.0 Å². The zero-order valence-electron chi connectivity index (χ0n) is 32.3. The van der Waals surface area contributed by atoms with Gasteiger partial charge in [0.15, 0.2) is 29.6 Å². The number of nitrogens with one attached hydrogen (secondary N) is 1. The van der Waals surface area contributed by atoms with Gasteiger partial charge in [0, 0.05) is 39.9 Å². The summed E-state index contributed by atoms with van der Waals surface area (Å²) in [4.78, 5) is 83.2. The highest BCUT2D eigenvalue weighted by Crippen LogP contribution is 2.36. The Morgan fingerprint density at radius 1 is 1.14 bits per heavy atom. The van der Waals surface area contributed by atoms with Crippen molar-refractivity contribution in [2.75, 3.05) is 13.7 Å². The number of aliphatic carboxylic acids is 1. The standard InChI is InChI=1S/C26H32N6O12/c1-11-16(8-7-15(24(37)38)29-26(39)40-6)32-22(36)18-21(30(5)25(32)28-11)31(10-27-18)23-20(43-14(4)35)19(42-13(3)34)17(44-23)9-41-12(2)33/h10,15,17,19-20,23H,7-9H2,1-6H3,(H,29,39)(H,37,38)/t15-,17+,19+,20+,23+/m0/s1/i2D3,3D3,4D3. The number of esters is 3. The maximum absolute atomic E-state index is 13.9. The summed E-state index contributed by atoms with van der Waals surface area (Å²) in [5, 5.41) is 11.7. The normalized spacial score (nSPS) is 24.2. The molecule has 5 atom stereocenters. The van der Waals surface area contributed by atoms with Crippen LogP contribution in [0.1, 0.15) is 56.9 Å². The number of hydrogen-bond acceptors (Lipinski definition) is 13. The number of alkyl carbamates (subject to hydrolysis) is 1. The summed E-state index contributed by atoms with van der Waals surface area (Å²) in [6.45, 7) is -9.61. The summed E-state index contributed by atoms with van der Waals surface area (Å²) >= 11 is 0. The molecule has 44 heavy (non-hydrogen) atoms. The third kappa shape index (κ3) is 6.19. The van der Waals surface area contributed by atoms with Crippen molar-refractivity contribution in [3.05, 3.63) is 28.1 Å². The molecule has 238 valence electrons. The quantitative estimate of drug-likeness (QED) is 0.218. The molecule has 1 aliphatic rings. The molecule has 0 bridgehead atoms. The minimum atomic E-state index is -3.42. The highest BCUT2D eigenvalue weighted by Gasteiger charge is 2.51. The van der Waals surface area contributed by atoms with Crippen LogP contribution in [0.25, 0.3) is 16.9 Å². The van der Waals surface area contributed by atoms with Gasteiger partial charge in [-0.15, -0.1) is 0 Å². The fraction of sp³-hybridized carbons (Fsp3) is 0.538. The second-order valence-electron chi connectivity index (χ2n) is 9.44. The number of carboxylic acids is 1. The first-order valence-corrected chi connectivity index (χ1v) is 12.6. The second-order valence-corrected chi connectivity index (χ2v) is 9.44. The number of amides is 1. The molecule has 3 aromatic heterocycles. The van der Waals surface area contributed by atoms with Crippen molar-refractivity contribution in [2.24, 2.45) is 7.05 Å². The van der Waals surface area contributed by atoms with Crippen LogP contribution in [0.4, 0.5) is 4.79 Å². The molecule has 0 saturated carbocycles. The molecule has 1 saturated heterocycles. The number of aryl methyl sites for hydroxylation is 3. The van der Waals surface area contributed by atoms with E-state index in [1.807, 2.05) is 0 Å². The number of carboxylic acid groups (broad SMARTS) is 1. The van der Waals surface area contributed by atoms with Gasteiger partial charge in [-0.1, -0.05) is 0 Å². The molecule has 3 aromatic rings. The number of ether oxygens (including phenoxy) is 5. The van der Waals surface area contributed by atoms with Crippen molar-refractivity contribution >= 4 is 46.9 Å². The zero-order valence-corrected chi connectivity index (χ0v) is 23.3. The maximum atomic E-state index is 13.9. The Kier molecular flexibility index (Phi) is 6.25. The van der Waals surface area contributed by atoms with Crippen LogP contribution in [-0.2, 0) is 56.3 Å². The van der Waals surface area contributed by atoms with Crippen molar-refractivity contribution in [3.63, 3.8) is 0 Å². The number of carbonyl (C=O) groups is 5. The Morgan fingerprint density at radius 3 is 2.45 bits per heavy atom. The topological polar surface area (TPSA) is 221 Å². The van der Waals surface area contributed by atoms with Crippen LogP contribution in [0, 0.1) is 6.92 Å². The summed E-state index contributed by atoms with van der Waals surface area (Å²) in [5.74, 6) is -6.89. The third-order valence-electron chi connectivity index (χ3n) is 6.82. The predicted molar refractivity (Wildman–Crippen MR) is 145 cm³/mol. The molecule has 0 aromatic carbocycles. The lowest BCUT2D eigenvalue weighted by Crippen LogP contribution is -2.41. The Balaban J connectivity index is 1.85. The van der Waals surface area contributed by atoms with Gasteiger partial charge in [0.1, 0.15) is 18.8 Å². The van der Waals surface area contributed by atoms with Gasteiger partial charge >= 0.3 is 30.0 Å². The molecule has 1 fully saturated rings. The highest BCUT2D eigenvalue weighted by molar-refractivity contribution is 5.80. The molecule has 0 unspecified atom stereocenters. The van der Waals surface area contributed by atoms with E-state index in [1.54, 1.807) is 0 Å². The first-order chi connectivity index (χ1) is 24.4. The predicted octanol–water partition coefficient (Wildman–Crippen LogP) is -0.243. The van der Waals surface area contributed by atoms with Crippen molar-refractivity contribution in [2.45, 2.75) is 70.9 Å². The molecule has 18 nitrogen and oxygen atoms in total. The minimum Gasteiger partial charge on any atom is -0.480 e. The second kappa shape index (κ2) is 12.7. The number of imidazole rings is 2. The maximum Gasteiger partial charge on any atom is 0.407 e. The molecule has 2 N–H and O–H groups in total. The number of methoxy groups -OCH3 is 1. The van der Waals surface area contributed by atoms with Crippen LogP contribution in [-0.4, -0.2) is 96.7 Å². The first kappa shape index (κ1) is 21.7. The van der Waals surface area contributed by atoms with Crippen LogP contribution in [0.3, 0.4) is 0 Å². The van der Waals surface area contributed by atoms with E-state index in [0.717, 1.165) is 22.4 Å². The van der Waals surface area contributed by atoms with E-state index in [-0.39, 0.29) is 41.2 Å². The summed E-state index contributed by atoms with van der Waals surface area (Å²) in [5.41, 5.74) is -0.731. The molecule has 0 spiro atoms. The van der Waals surface area contributed by atoms with Gasteiger partial charge in [0.05, 0.1) is 24.8 Å². The summed E-state index contributed by atoms with van der Waals surface area (Å²) in [6, 6.07) is -1.41. The number of hydrogen-bond donors (Lipinski definition) is 2. The summed E-state index contributed by atoms with van der Waals surface area (Å²) < 4.78 is 95.4. The van der Waals surface area contributed by atoms with E-state index < -0.39 is 93.3 Å². The number of aromatic nitrogens is 5. The molecular formula is C26H32N6O12. The van der Waals surface area contributed by atoms with E-state index in [4.69, 9.17) is 31.3 Å². The SMILES string of the molecule is [2H]C([2H])([2H])C(=O)OC[C@H]1O[C@@H](n2cnc3c(=O)n4c(CC[C@H](NC(=O)OC)C(=O)O)c(C)nc4n(C)c32)[C@H](OC(=O)C([2H])([2H])[2H])[C@@H]1OC(=O)C([2H])([2H])[2H]. The van der Waals surface area contributed by atoms with Crippen molar-refractivity contribution in [3.8, 4) is 0 Å². The number of fused-ring (bicyclic) bond motifs is 2. The van der Waals surface area contributed by atoms with Crippen LogP contribution < -0.4 is 10.9 Å². The van der Waals surface area contributed by atoms with Crippen LogP contribution in [0.5, 0.6) is 0 Å². The smallest absolute Gasteiger partial charge is 0.407 e. The molecule has 0 radical (unpaired) electrons. The third-order valence-corrected chi connectivity index (χ3v) is 6.82. The Hall–Kier alpha value is -5.00. The van der Waals surface area contributed by atoms with Crippen LogP contribution in [0.2, 0.25) is 0 Å². The highest BCUT2D eigenvalue weighted by atomic mass is 16.7. The summed E-state index contributed by atoms with van der Waals surface area (Å²) in [6.07, 6.45) is -7.98. The summed E-state index contributed by atoms with van der Waals surface area (Å²) in [7, 11) is 2.46. The van der Waals surface area contributed by atoms with Gasteiger partial charge in [0.25, 0.3) is 5.56 Å². The first-order valence-electron chi connectivity index (χ1n) is 17.1. The van der Waals surface area contributed by atoms with E-state index in [9.17, 15) is 33.9 Å². The largest absolute Gasteiger partial charge is 0.480 e. The van der Waals surface area contributed by atoms with Gasteiger partial charge < -0.3 is 34.1 Å². The van der Waals surface area contributed by atoms with E-state index in [0.29, 0.717) is 0 Å². The van der Waals surface area contributed by atoms with Crippen LogP contribution in [0.15, 0.2) is 11.1 Å². The Morgan fingerprint density at radius 2 is 1.82 bits per heavy atom. The monoisotopic (exact) mass is 629 g/mol. The fourth-order valence-electron chi connectivity index (χ4n) is 4.98. The lowest BCUT2D eigenvalue weighted by molar-refractivity contribution is -0.166. The van der Waals surface area contributed by atoms with Gasteiger partial charge in [-0.05, 0) is 19.8 Å². The molecule has 0 aliphatic carbocycles.